The Labute approximate surface area is 117 Å². The molecule has 2 rings (SSSR count). The molecule has 0 unspecified atom stereocenters. The van der Waals surface area contributed by atoms with Crippen molar-refractivity contribution in [3.63, 3.8) is 0 Å². The van der Waals surface area contributed by atoms with Gasteiger partial charge in [-0.2, -0.15) is 13.2 Å². The van der Waals surface area contributed by atoms with Crippen molar-refractivity contribution in [2.75, 3.05) is 13.1 Å². The Morgan fingerprint density at radius 3 is 2.00 bits per heavy atom. The van der Waals surface area contributed by atoms with E-state index in [4.69, 9.17) is 0 Å². The zero-order chi connectivity index (χ0) is 15.8. The minimum atomic E-state index is -4.77. The lowest BCUT2D eigenvalue weighted by Gasteiger charge is -2.39. The van der Waals surface area contributed by atoms with E-state index in [0.717, 1.165) is 17.0 Å². The molecule has 0 saturated carbocycles. The minimum absolute atomic E-state index is 0.273. The molecule has 1 heterocycles. The SMILES string of the molecule is O=C(c1cc(F)cc(F)c1)N1CCC(O)(C(F)(F)F)CC1. The largest absolute Gasteiger partial charge is 0.417 e. The van der Waals surface area contributed by atoms with Gasteiger partial charge in [0.25, 0.3) is 5.91 Å². The quantitative estimate of drug-likeness (QED) is 0.810. The topological polar surface area (TPSA) is 40.5 Å². The van der Waals surface area contributed by atoms with Gasteiger partial charge in [0.05, 0.1) is 0 Å². The molecular formula is C13H12F5NO2. The molecule has 1 N–H and O–H groups in total. The summed E-state index contributed by atoms with van der Waals surface area (Å²) in [6.45, 7) is -0.681. The van der Waals surface area contributed by atoms with E-state index in [1.165, 1.54) is 0 Å². The second-order valence-electron chi connectivity index (χ2n) is 4.98. The number of carbonyl (C=O) groups excluding carboxylic acids is 1. The highest BCUT2D eigenvalue weighted by molar-refractivity contribution is 5.94. The Kier molecular flexibility index (Phi) is 3.92. The molecule has 1 saturated heterocycles. The number of carbonyl (C=O) groups is 1. The Balaban J connectivity index is 2.10. The minimum Gasteiger partial charge on any atom is -0.380 e. The number of piperidine rings is 1. The van der Waals surface area contributed by atoms with Gasteiger partial charge in [0, 0.05) is 37.6 Å². The van der Waals surface area contributed by atoms with E-state index in [0.29, 0.717) is 6.07 Å². The van der Waals surface area contributed by atoms with Crippen LogP contribution in [0.1, 0.15) is 23.2 Å². The van der Waals surface area contributed by atoms with E-state index in [-0.39, 0.29) is 18.7 Å². The van der Waals surface area contributed by atoms with Gasteiger partial charge in [0.1, 0.15) is 11.6 Å². The van der Waals surface area contributed by atoms with Gasteiger partial charge >= 0.3 is 6.18 Å². The molecule has 1 amide bonds. The number of nitrogens with zero attached hydrogens (tertiary/aromatic N) is 1. The first-order valence-corrected chi connectivity index (χ1v) is 6.17. The normalized spacial score (nSPS) is 18.7. The standard InChI is InChI=1S/C13H12F5NO2/c14-9-5-8(6-10(15)7-9)11(20)19-3-1-12(21,2-4-19)13(16,17)18/h5-7,21H,1-4H2. The molecule has 0 atom stereocenters. The first-order chi connectivity index (χ1) is 9.62. The number of halogens is 5. The van der Waals surface area contributed by atoms with Gasteiger partial charge in [-0.3, -0.25) is 4.79 Å². The number of alkyl halides is 3. The summed E-state index contributed by atoms with van der Waals surface area (Å²) in [5.41, 5.74) is -3.10. The summed E-state index contributed by atoms with van der Waals surface area (Å²) in [6.07, 6.45) is -6.10. The van der Waals surface area contributed by atoms with E-state index >= 15 is 0 Å². The maximum Gasteiger partial charge on any atom is 0.417 e. The fourth-order valence-corrected chi connectivity index (χ4v) is 2.22. The van der Waals surface area contributed by atoms with Gasteiger partial charge in [0.15, 0.2) is 5.60 Å². The number of aliphatic hydroxyl groups is 1. The zero-order valence-electron chi connectivity index (χ0n) is 10.8. The average Bonchev–Trinajstić information content (AvgIpc) is 2.36. The van der Waals surface area contributed by atoms with Crippen molar-refractivity contribution in [1.82, 2.24) is 4.90 Å². The van der Waals surface area contributed by atoms with Crippen molar-refractivity contribution in [3.05, 3.63) is 35.4 Å². The summed E-state index contributed by atoms with van der Waals surface area (Å²) in [5, 5.41) is 9.48. The van der Waals surface area contributed by atoms with E-state index in [9.17, 15) is 31.9 Å². The van der Waals surface area contributed by atoms with Crippen LogP contribution in [-0.4, -0.2) is 40.8 Å². The first-order valence-electron chi connectivity index (χ1n) is 6.17. The van der Waals surface area contributed by atoms with Gasteiger partial charge in [-0.15, -0.1) is 0 Å². The van der Waals surface area contributed by atoms with Gasteiger partial charge in [-0.1, -0.05) is 0 Å². The molecule has 0 aliphatic carbocycles. The summed E-state index contributed by atoms with van der Waals surface area (Å²) in [6, 6.07) is 2.22. The van der Waals surface area contributed by atoms with Crippen molar-refractivity contribution in [3.8, 4) is 0 Å². The summed E-state index contributed by atoms with van der Waals surface area (Å²) in [7, 11) is 0. The fourth-order valence-electron chi connectivity index (χ4n) is 2.22. The van der Waals surface area contributed by atoms with Crippen molar-refractivity contribution in [2.45, 2.75) is 24.6 Å². The highest BCUT2D eigenvalue weighted by atomic mass is 19.4. The molecule has 0 spiro atoms. The molecule has 116 valence electrons. The Hall–Kier alpha value is -1.70. The molecule has 1 aliphatic rings. The van der Waals surface area contributed by atoms with E-state index < -0.39 is 42.2 Å². The van der Waals surface area contributed by atoms with Crippen LogP contribution in [0.3, 0.4) is 0 Å². The monoisotopic (exact) mass is 309 g/mol. The maximum atomic E-state index is 13.0. The molecule has 1 aromatic carbocycles. The van der Waals surface area contributed by atoms with Gasteiger partial charge in [0.2, 0.25) is 0 Å². The molecular weight excluding hydrogens is 297 g/mol. The number of likely N-dealkylation sites (tertiary alicyclic amines) is 1. The number of hydrogen-bond acceptors (Lipinski definition) is 2. The van der Waals surface area contributed by atoms with Gasteiger partial charge in [-0.25, -0.2) is 8.78 Å². The lowest BCUT2D eigenvalue weighted by atomic mass is 9.90. The Bertz CT molecular complexity index is 530. The van der Waals surface area contributed by atoms with Crippen LogP contribution in [-0.2, 0) is 0 Å². The molecule has 0 aromatic heterocycles. The summed E-state index contributed by atoms with van der Waals surface area (Å²) < 4.78 is 64.0. The first kappa shape index (κ1) is 15.7. The van der Waals surface area contributed by atoms with Crippen LogP contribution in [0.2, 0.25) is 0 Å². The third kappa shape index (κ3) is 3.15. The van der Waals surface area contributed by atoms with Crippen molar-refractivity contribution >= 4 is 5.91 Å². The highest BCUT2D eigenvalue weighted by Gasteiger charge is 2.54. The lowest BCUT2D eigenvalue weighted by molar-refractivity contribution is -0.271. The summed E-state index contributed by atoms with van der Waals surface area (Å²) in [5.74, 6) is -2.65. The van der Waals surface area contributed by atoms with Crippen LogP contribution in [0.5, 0.6) is 0 Å². The van der Waals surface area contributed by atoms with Crippen LogP contribution in [0.15, 0.2) is 18.2 Å². The molecule has 1 fully saturated rings. The van der Waals surface area contributed by atoms with Crippen LogP contribution < -0.4 is 0 Å². The number of amides is 1. The molecule has 21 heavy (non-hydrogen) atoms. The predicted molar refractivity (Wildman–Crippen MR) is 62.5 cm³/mol. The maximum absolute atomic E-state index is 13.0. The third-order valence-corrected chi connectivity index (χ3v) is 3.51. The second kappa shape index (κ2) is 5.25. The average molecular weight is 309 g/mol. The van der Waals surface area contributed by atoms with Crippen LogP contribution >= 0.6 is 0 Å². The Morgan fingerprint density at radius 2 is 1.57 bits per heavy atom. The number of hydrogen-bond donors (Lipinski definition) is 1. The van der Waals surface area contributed by atoms with Crippen LogP contribution in [0, 0.1) is 11.6 Å². The Morgan fingerprint density at radius 1 is 1.10 bits per heavy atom. The second-order valence-corrected chi connectivity index (χ2v) is 4.98. The lowest BCUT2D eigenvalue weighted by Crippen LogP contribution is -2.54. The fraction of sp³-hybridized carbons (Fsp3) is 0.462. The molecule has 0 radical (unpaired) electrons. The highest BCUT2D eigenvalue weighted by Crippen LogP contribution is 2.38. The van der Waals surface area contributed by atoms with Crippen molar-refractivity contribution < 1.29 is 31.9 Å². The van der Waals surface area contributed by atoms with E-state index in [1.54, 1.807) is 0 Å². The molecule has 1 aliphatic heterocycles. The van der Waals surface area contributed by atoms with Crippen molar-refractivity contribution in [2.24, 2.45) is 0 Å². The van der Waals surface area contributed by atoms with Crippen LogP contribution in [0.25, 0.3) is 0 Å². The van der Waals surface area contributed by atoms with Crippen LogP contribution in [0.4, 0.5) is 22.0 Å². The molecule has 0 bridgehead atoms. The number of benzene rings is 1. The smallest absolute Gasteiger partial charge is 0.380 e. The van der Waals surface area contributed by atoms with Crippen molar-refractivity contribution in [1.29, 1.82) is 0 Å². The zero-order valence-corrected chi connectivity index (χ0v) is 10.8. The third-order valence-electron chi connectivity index (χ3n) is 3.51. The van der Waals surface area contributed by atoms with Gasteiger partial charge < -0.3 is 10.0 Å². The molecule has 1 aromatic rings. The molecule has 8 heteroatoms. The van der Waals surface area contributed by atoms with E-state index in [2.05, 4.69) is 0 Å². The predicted octanol–water partition coefficient (Wildman–Crippen LogP) is 2.49. The molecule has 3 nitrogen and oxygen atoms in total. The number of rotatable bonds is 1. The summed E-state index contributed by atoms with van der Waals surface area (Å²) >= 11 is 0. The summed E-state index contributed by atoms with van der Waals surface area (Å²) in [4.78, 5) is 13.0. The van der Waals surface area contributed by atoms with E-state index in [1.807, 2.05) is 0 Å². The van der Waals surface area contributed by atoms with Gasteiger partial charge in [-0.05, 0) is 12.1 Å².